The van der Waals surface area contributed by atoms with E-state index >= 15 is 0 Å². The topological polar surface area (TPSA) is 81.4 Å². The fourth-order valence-electron chi connectivity index (χ4n) is 2.12. The molecular formula is C17H20N2O4. The molecule has 122 valence electrons. The van der Waals surface area contributed by atoms with Crippen molar-refractivity contribution in [1.29, 1.82) is 0 Å². The highest BCUT2D eigenvalue weighted by Gasteiger charge is 2.21. The van der Waals surface area contributed by atoms with E-state index in [0.717, 1.165) is 5.56 Å². The summed E-state index contributed by atoms with van der Waals surface area (Å²) >= 11 is 0. The number of nitrogens with one attached hydrogen (secondary N) is 1. The molecule has 6 heteroatoms. The summed E-state index contributed by atoms with van der Waals surface area (Å²) in [5, 5.41) is 6.66. The number of aryl methyl sites for hydroxylation is 1. The fraction of sp³-hybridized carbons (Fsp3) is 0.353. The first-order chi connectivity index (χ1) is 11.0. The highest BCUT2D eigenvalue weighted by molar-refractivity contribution is 6.00. The van der Waals surface area contributed by atoms with Crippen LogP contribution in [0.15, 0.2) is 34.9 Å². The predicted molar refractivity (Wildman–Crippen MR) is 84.9 cm³/mol. The van der Waals surface area contributed by atoms with Gasteiger partial charge in [0.2, 0.25) is 0 Å². The first-order valence-corrected chi connectivity index (χ1v) is 7.48. The van der Waals surface area contributed by atoms with Crippen LogP contribution in [0.1, 0.15) is 36.4 Å². The summed E-state index contributed by atoms with van der Waals surface area (Å²) in [6.07, 6.45) is -0.0437. The van der Waals surface area contributed by atoms with Crippen LogP contribution in [0.4, 0.5) is 0 Å². The van der Waals surface area contributed by atoms with Gasteiger partial charge >= 0.3 is 5.97 Å². The molecule has 6 nitrogen and oxygen atoms in total. The summed E-state index contributed by atoms with van der Waals surface area (Å²) < 4.78 is 10.2. The van der Waals surface area contributed by atoms with Crippen molar-refractivity contribution in [2.45, 2.75) is 33.3 Å². The molecule has 0 aliphatic rings. The minimum absolute atomic E-state index is 0.120. The van der Waals surface area contributed by atoms with Crippen LogP contribution in [0.5, 0.6) is 0 Å². The lowest BCUT2D eigenvalue weighted by atomic mass is 10.1. The van der Waals surface area contributed by atoms with E-state index in [1.165, 1.54) is 0 Å². The molecule has 0 aliphatic heterocycles. The SMILES string of the molecule is Cc1onc(-c2ccccc2)c1C(=O)NCCC(=O)OC(C)C. The smallest absolute Gasteiger partial charge is 0.307 e. The monoisotopic (exact) mass is 316 g/mol. The van der Waals surface area contributed by atoms with Gasteiger partial charge < -0.3 is 14.6 Å². The van der Waals surface area contributed by atoms with Gasteiger partial charge in [-0.25, -0.2) is 0 Å². The summed E-state index contributed by atoms with van der Waals surface area (Å²) in [7, 11) is 0. The third-order valence-corrected chi connectivity index (χ3v) is 3.12. The number of aromatic nitrogens is 1. The summed E-state index contributed by atoms with van der Waals surface area (Å²) in [6, 6.07) is 9.32. The molecule has 1 N–H and O–H groups in total. The lowest BCUT2D eigenvalue weighted by Gasteiger charge is -2.08. The van der Waals surface area contributed by atoms with E-state index < -0.39 is 0 Å². The molecule has 1 amide bonds. The molecule has 0 saturated heterocycles. The number of carbonyl (C=O) groups excluding carboxylic acids is 2. The number of ether oxygens (including phenoxy) is 1. The van der Waals surface area contributed by atoms with Crippen molar-refractivity contribution in [1.82, 2.24) is 10.5 Å². The lowest BCUT2D eigenvalue weighted by molar-refractivity contribution is -0.147. The van der Waals surface area contributed by atoms with Crippen LogP contribution in [0.2, 0.25) is 0 Å². The van der Waals surface area contributed by atoms with Gasteiger partial charge in [0, 0.05) is 12.1 Å². The quantitative estimate of drug-likeness (QED) is 0.829. The normalized spacial score (nSPS) is 10.6. The molecule has 1 heterocycles. The maximum absolute atomic E-state index is 12.4. The summed E-state index contributed by atoms with van der Waals surface area (Å²) in [5.74, 6) is -0.225. The van der Waals surface area contributed by atoms with Gasteiger partial charge in [0.25, 0.3) is 5.91 Å². The standard InChI is InChI=1S/C17H20N2O4/c1-11(2)22-14(20)9-10-18-17(21)15-12(3)23-19-16(15)13-7-5-4-6-8-13/h4-8,11H,9-10H2,1-3H3,(H,18,21). The number of nitrogens with zero attached hydrogens (tertiary/aromatic N) is 1. The van der Waals surface area contributed by atoms with Crippen LogP contribution in [0, 0.1) is 6.92 Å². The predicted octanol–water partition coefficient (Wildman–Crippen LogP) is 2.72. The molecule has 0 radical (unpaired) electrons. The van der Waals surface area contributed by atoms with E-state index in [9.17, 15) is 9.59 Å². The lowest BCUT2D eigenvalue weighted by Crippen LogP contribution is -2.27. The average Bonchev–Trinajstić information content (AvgIpc) is 2.89. The first-order valence-electron chi connectivity index (χ1n) is 7.48. The maximum atomic E-state index is 12.4. The van der Waals surface area contributed by atoms with Crippen molar-refractivity contribution < 1.29 is 18.8 Å². The van der Waals surface area contributed by atoms with Crippen molar-refractivity contribution in [3.8, 4) is 11.3 Å². The van der Waals surface area contributed by atoms with Crippen molar-refractivity contribution in [3.05, 3.63) is 41.7 Å². The Morgan fingerprint density at radius 2 is 1.96 bits per heavy atom. The van der Waals surface area contributed by atoms with Gasteiger partial charge in [-0.2, -0.15) is 0 Å². The Labute approximate surface area is 134 Å². The van der Waals surface area contributed by atoms with Crippen LogP contribution in [-0.4, -0.2) is 29.7 Å². The van der Waals surface area contributed by atoms with Crippen LogP contribution >= 0.6 is 0 Å². The van der Waals surface area contributed by atoms with Crippen LogP contribution in [0.25, 0.3) is 11.3 Å². The number of hydrogen-bond acceptors (Lipinski definition) is 5. The molecule has 1 aromatic carbocycles. The Bertz CT molecular complexity index is 677. The molecule has 0 unspecified atom stereocenters. The first kappa shape index (κ1) is 16.7. The Kier molecular flexibility index (Phi) is 5.51. The minimum atomic E-state index is -0.342. The maximum Gasteiger partial charge on any atom is 0.307 e. The molecule has 0 fully saturated rings. The van der Waals surface area contributed by atoms with Gasteiger partial charge in [0.1, 0.15) is 17.0 Å². The van der Waals surface area contributed by atoms with Gasteiger partial charge in [-0.05, 0) is 20.8 Å². The molecule has 2 rings (SSSR count). The zero-order valence-corrected chi connectivity index (χ0v) is 13.5. The number of benzene rings is 1. The van der Waals surface area contributed by atoms with Crippen molar-refractivity contribution in [2.24, 2.45) is 0 Å². The second-order valence-electron chi connectivity index (χ2n) is 5.37. The minimum Gasteiger partial charge on any atom is -0.463 e. The molecule has 2 aromatic rings. The van der Waals surface area contributed by atoms with E-state index in [0.29, 0.717) is 17.0 Å². The van der Waals surface area contributed by atoms with E-state index in [4.69, 9.17) is 9.26 Å². The highest BCUT2D eigenvalue weighted by atomic mass is 16.5. The van der Waals surface area contributed by atoms with E-state index in [2.05, 4.69) is 10.5 Å². The van der Waals surface area contributed by atoms with E-state index in [1.807, 2.05) is 30.3 Å². The number of rotatable bonds is 6. The third-order valence-electron chi connectivity index (χ3n) is 3.12. The van der Waals surface area contributed by atoms with Crippen LogP contribution in [-0.2, 0) is 9.53 Å². The third kappa shape index (κ3) is 4.42. The molecule has 0 bridgehead atoms. The molecule has 0 saturated carbocycles. The second kappa shape index (κ2) is 7.58. The zero-order chi connectivity index (χ0) is 16.8. The highest BCUT2D eigenvalue weighted by Crippen LogP contribution is 2.24. The van der Waals surface area contributed by atoms with Crippen molar-refractivity contribution >= 4 is 11.9 Å². The summed E-state index contributed by atoms with van der Waals surface area (Å²) in [6.45, 7) is 5.44. The molecule has 1 aromatic heterocycles. The number of esters is 1. The van der Waals surface area contributed by atoms with Gasteiger partial charge in [-0.3, -0.25) is 9.59 Å². The Balaban J connectivity index is 2.03. The van der Waals surface area contributed by atoms with E-state index in [-0.39, 0.29) is 30.9 Å². The average molecular weight is 316 g/mol. The van der Waals surface area contributed by atoms with Crippen molar-refractivity contribution in [2.75, 3.05) is 6.54 Å². The second-order valence-corrected chi connectivity index (χ2v) is 5.37. The zero-order valence-electron chi connectivity index (χ0n) is 13.5. The number of carbonyl (C=O) groups is 2. The molecule has 0 aliphatic carbocycles. The number of hydrogen-bond donors (Lipinski definition) is 1. The molecule has 0 spiro atoms. The van der Waals surface area contributed by atoms with Gasteiger partial charge in [-0.1, -0.05) is 35.5 Å². The number of amides is 1. The van der Waals surface area contributed by atoms with Crippen molar-refractivity contribution in [3.63, 3.8) is 0 Å². The Morgan fingerprint density at radius 1 is 1.26 bits per heavy atom. The summed E-state index contributed by atoms with van der Waals surface area (Å²) in [5.41, 5.74) is 1.67. The van der Waals surface area contributed by atoms with Crippen LogP contribution < -0.4 is 5.32 Å². The van der Waals surface area contributed by atoms with E-state index in [1.54, 1.807) is 20.8 Å². The molecule has 23 heavy (non-hydrogen) atoms. The molecular weight excluding hydrogens is 296 g/mol. The van der Waals surface area contributed by atoms with Crippen LogP contribution in [0.3, 0.4) is 0 Å². The van der Waals surface area contributed by atoms with Gasteiger partial charge in [0.05, 0.1) is 12.5 Å². The van der Waals surface area contributed by atoms with Gasteiger partial charge in [-0.15, -0.1) is 0 Å². The molecule has 0 atom stereocenters. The van der Waals surface area contributed by atoms with Gasteiger partial charge in [0.15, 0.2) is 0 Å². The summed E-state index contributed by atoms with van der Waals surface area (Å²) in [4.78, 5) is 23.8. The largest absolute Gasteiger partial charge is 0.463 e. The fourth-order valence-corrected chi connectivity index (χ4v) is 2.12. The Morgan fingerprint density at radius 3 is 2.61 bits per heavy atom. The Hall–Kier alpha value is -2.63.